The molecule has 2 aromatic rings. The van der Waals surface area contributed by atoms with Crippen LogP contribution in [0.2, 0.25) is 0 Å². The summed E-state index contributed by atoms with van der Waals surface area (Å²) in [5.74, 6) is -0.854. The molecule has 0 fully saturated rings. The lowest BCUT2D eigenvalue weighted by atomic mass is 9.87. The van der Waals surface area contributed by atoms with Crippen LogP contribution in [-0.2, 0) is 16.8 Å². The molecule has 0 heterocycles. The van der Waals surface area contributed by atoms with Gasteiger partial charge < -0.3 is 5.32 Å². The summed E-state index contributed by atoms with van der Waals surface area (Å²) < 4.78 is 14.4. The number of hydrogen-bond donors (Lipinski definition) is 2. The Bertz CT molecular complexity index is 803. The third kappa shape index (κ3) is 5.54. The van der Waals surface area contributed by atoms with Crippen molar-refractivity contribution in [2.75, 3.05) is 5.32 Å². The molecule has 0 bridgehead atoms. The van der Waals surface area contributed by atoms with Gasteiger partial charge in [-0.05, 0) is 40.8 Å². The minimum Gasteiger partial charge on any atom is -0.353 e. The molecule has 1 amide bonds. The van der Waals surface area contributed by atoms with Gasteiger partial charge in [-0.1, -0.05) is 59.7 Å². The Labute approximate surface area is 161 Å². The molecule has 5 heteroatoms. The number of amides is 1. The van der Waals surface area contributed by atoms with Crippen molar-refractivity contribution in [3.05, 3.63) is 59.4 Å². The monoisotopic (exact) mass is 372 g/mol. The molecule has 146 valence electrons. The van der Waals surface area contributed by atoms with Crippen molar-refractivity contribution in [2.45, 2.75) is 53.5 Å². The average molecular weight is 372 g/mol. The highest BCUT2D eigenvalue weighted by molar-refractivity contribution is 5.80. The van der Waals surface area contributed by atoms with E-state index in [1.54, 1.807) is 32.9 Å². The number of hydroxylamine groups is 2. The van der Waals surface area contributed by atoms with E-state index in [1.807, 2.05) is 24.3 Å². The molecule has 0 aliphatic rings. The summed E-state index contributed by atoms with van der Waals surface area (Å²) in [5, 5.41) is 13.6. The Morgan fingerprint density at radius 2 is 1.63 bits per heavy atom. The molecule has 0 atom stereocenters. The van der Waals surface area contributed by atoms with Crippen molar-refractivity contribution in [3.63, 3.8) is 0 Å². The Morgan fingerprint density at radius 1 is 1.04 bits per heavy atom. The van der Waals surface area contributed by atoms with E-state index in [1.165, 1.54) is 11.6 Å². The number of benzene rings is 2. The van der Waals surface area contributed by atoms with Crippen molar-refractivity contribution < 1.29 is 14.4 Å². The van der Waals surface area contributed by atoms with Crippen LogP contribution in [0.4, 0.5) is 15.8 Å². The second kappa shape index (κ2) is 7.69. The van der Waals surface area contributed by atoms with Gasteiger partial charge in [0.1, 0.15) is 5.82 Å². The van der Waals surface area contributed by atoms with Gasteiger partial charge in [0.05, 0.1) is 12.2 Å². The number of hydrogen-bond acceptors (Lipinski definition) is 3. The second-order valence-corrected chi connectivity index (χ2v) is 8.88. The Kier molecular flexibility index (Phi) is 5.95. The van der Waals surface area contributed by atoms with Crippen LogP contribution in [0, 0.1) is 11.2 Å². The first kappa shape index (κ1) is 20.9. The zero-order valence-corrected chi connectivity index (χ0v) is 16.9. The summed E-state index contributed by atoms with van der Waals surface area (Å²) in [4.78, 5) is 12.0. The van der Waals surface area contributed by atoms with Gasteiger partial charge in [-0.2, -0.15) is 0 Å². The molecular formula is C22H29FN2O2. The number of carbonyl (C=O) groups excluding carboxylic acids is 1. The summed E-state index contributed by atoms with van der Waals surface area (Å²) in [7, 11) is 0. The van der Waals surface area contributed by atoms with Crippen LogP contribution < -0.4 is 5.32 Å². The van der Waals surface area contributed by atoms with Gasteiger partial charge in [0.15, 0.2) is 0 Å². The van der Waals surface area contributed by atoms with Crippen LogP contribution in [0.5, 0.6) is 0 Å². The molecule has 4 nitrogen and oxygen atoms in total. The van der Waals surface area contributed by atoms with Crippen molar-refractivity contribution in [1.82, 2.24) is 5.06 Å². The molecule has 2 aromatic carbocycles. The molecule has 0 saturated carbocycles. The van der Waals surface area contributed by atoms with Gasteiger partial charge in [-0.3, -0.25) is 10.0 Å². The summed E-state index contributed by atoms with van der Waals surface area (Å²) in [5.41, 5.74) is 2.21. The van der Waals surface area contributed by atoms with E-state index < -0.39 is 17.1 Å². The Morgan fingerprint density at radius 3 is 2.11 bits per heavy atom. The zero-order valence-electron chi connectivity index (χ0n) is 16.9. The minimum atomic E-state index is -0.700. The van der Waals surface area contributed by atoms with Crippen LogP contribution >= 0.6 is 0 Å². The van der Waals surface area contributed by atoms with E-state index in [0.717, 1.165) is 5.69 Å². The van der Waals surface area contributed by atoms with Gasteiger partial charge in [0.25, 0.3) is 5.91 Å². The number of anilines is 2. The highest BCUT2D eigenvalue weighted by Crippen LogP contribution is 2.26. The summed E-state index contributed by atoms with van der Waals surface area (Å²) in [6, 6.07) is 12.5. The molecule has 27 heavy (non-hydrogen) atoms. The molecule has 0 radical (unpaired) electrons. The van der Waals surface area contributed by atoms with Crippen LogP contribution in [0.1, 0.15) is 52.7 Å². The maximum atomic E-state index is 14.4. The largest absolute Gasteiger partial charge is 0.353 e. The number of nitrogens with one attached hydrogen (secondary N) is 1. The normalized spacial score (nSPS) is 12.0. The second-order valence-electron chi connectivity index (χ2n) is 8.88. The van der Waals surface area contributed by atoms with Crippen molar-refractivity contribution >= 4 is 17.3 Å². The summed E-state index contributed by atoms with van der Waals surface area (Å²) in [6.45, 7) is 11.5. The SMILES string of the molecule is CC(C)(C)C(=O)N(O)Cc1ccc(Nc2ccc(C(C)(C)C)cc2)c(F)c1. The third-order valence-electron chi connectivity index (χ3n) is 4.27. The summed E-state index contributed by atoms with van der Waals surface area (Å²) in [6.07, 6.45) is 0. The van der Waals surface area contributed by atoms with Crippen molar-refractivity contribution in [3.8, 4) is 0 Å². The fourth-order valence-electron chi connectivity index (χ4n) is 2.60. The highest BCUT2D eigenvalue weighted by atomic mass is 19.1. The number of nitrogens with zero attached hydrogens (tertiary/aromatic N) is 1. The molecule has 0 aliphatic carbocycles. The van der Waals surface area contributed by atoms with E-state index in [0.29, 0.717) is 16.3 Å². The zero-order chi connectivity index (χ0) is 20.4. The molecule has 0 aliphatic heterocycles. The first-order chi connectivity index (χ1) is 12.4. The molecule has 2 N–H and O–H groups in total. The van der Waals surface area contributed by atoms with E-state index >= 15 is 0 Å². The quantitative estimate of drug-likeness (QED) is 0.540. The Hall–Kier alpha value is -2.40. The van der Waals surface area contributed by atoms with Crippen molar-refractivity contribution in [2.24, 2.45) is 5.41 Å². The van der Waals surface area contributed by atoms with E-state index in [4.69, 9.17) is 0 Å². The topological polar surface area (TPSA) is 52.6 Å². The molecule has 2 rings (SSSR count). The molecule has 0 unspecified atom stereocenters. The lowest BCUT2D eigenvalue weighted by molar-refractivity contribution is -0.177. The first-order valence-corrected chi connectivity index (χ1v) is 9.05. The van der Waals surface area contributed by atoms with Crippen molar-refractivity contribution in [1.29, 1.82) is 0 Å². The molecule has 0 spiro atoms. The molecule has 0 saturated heterocycles. The summed E-state index contributed by atoms with van der Waals surface area (Å²) >= 11 is 0. The lowest BCUT2D eigenvalue weighted by Crippen LogP contribution is -2.36. The lowest BCUT2D eigenvalue weighted by Gasteiger charge is -2.24. The van der Waals surface area contributed by atoms with E-state index in [2.05, 4.69) is 26.1 Å². The molecular weight excluding hydrogens is 343 g/mol. The molecule has 0 aromatic heterocycles. The number of rotatable bonds is 4. The number of halogens is 1. The highest BCUT2D eigenvalue weighted by Gasteiger charge is 2.26. The van der Waals surface area contributed by atoms with Gasteiger partial charge >= 0.3 is 0 Å². The van der Waals surface area contributed by atoms with E-state index in [-0.39, 0.29) is 12.0 Å². The van der Waals surface area contributed by atoms with Gasteiger partial charge in [-0.25, -0.2) is 9.45 Å². The van der Waals surface area contributed by atoms with Crippen LogP contribution in [-0.4, -0.2) is 16.2 Å². The van der Waals surface area contributed by atoms with Crippen LogP contribution in [0.15, 0.2) is 42.5 Å². The van der Waals surface area contributed by atoms with Gasteiger partial charge in [0, 0.05) is 11.1 Å². The predicted octanol–water partition coefficient (Wildman–Crippen LogP) is 5.63. The standard InChI is InChI=1S/C22H29FN2O2/c1-21(2,3)16-8-10-17(11-9-16)24-19-12-7-15(13-18(19)23)14-25(27)20(26)22(4,5)6/h7-13,24,27H,14H2,1-6H3. The smallest absolute Gasteiger partial charge is 0.251 e. The number of carbonyl (C=O) groups is 1. The van der Waals surface area contributed by atoms with Gasteiger partial charge in [0.2, 0.25) is 0 Å². The van der Waals surface area contributed by atoms with E-state index in [9.17, 15) is 14.4 Å². The fourth-order valence-corrected chi connectivity index (χ4v) is 2.60. The average Bonchev–Trinajstić information content (AvgIpc) is 2.55. The maximum absolute atomic E-state index is 14.4. The maximum Gasteiger partial charge on any atom is 0.251 e. The van der Waals surface area contributed by atoms with Gasteiger partial charge in [-0.15, -0.1) is 0 Å². The van der Waals surface area contributed by atoms with Crippen LogP contribution in [0.3, 0.4) is 0 Å². The Balaban J connectivity index is 2.09. The van der Waals surface area contributed by atoms with Crippen LogP contribution in [0.25, 0.3) is 0 Å². The minimum absolute atomic E-state index is 0.0616. The predicted molar refractivity (Wildman–Crippen MR) is 107 cm³/mol. The first-order valence-electron chi connectivity index (χ1n) is 9.05. The fraction of sp³-hybridized carbons (Fsp3) is 0.409. The third-order valence-corrected chi connectivity index (χ3v) is 4.27.